The summed E-state index contributed by atoms with van der Waals surface area (Å²) in [6, 6.07) is 7.54. The molecule has 2 atom stereocenters. The highest BCUT2D eigenvalue weighted by atomic mass is 35.5. The van der Waals surface area contributed by atoms with E-state index >= 15 is 0 Å². The zero-order valence-corrected chi connectivity index (χ0v) is 13.3. The molecule has 0 unspecified atom stereocenters. The Balaban J connectivity index is 1.97. The minimum atomic E-state index is -0.474. The van der Waals surface area contributed by atoms with Gasteiger partial charge in [-0.05, 0) is 17.7 Å². The van der Waals surface area contributed by atoms with E-state index in [4.69, 9.17) is 21.1 Å². The van der Waals surface area contributed by atoms with Gasteiger partial charge in [-0.15, -0.1) is 0 Å². The van der Waals surface area contributed by atoms with Crippen LogP contribution in [0.3, 0.4) is 0 Å². The van der Waals surface area contributed by atoms with Gasteiger partial charge in [-0.2, -0.15) is 0 Å². The van der Waals surface area contributed by atoms with Crippen LogP contribution in [0, 0.1) is 0 Å². The van der Waals surface area contributed by atoms with Crippen LogP contribution < -0.4 is 10.6 Å². The molecule has 1 aromatic rings. The Kier molecular flexibility index (Phi) is 6.92. The van der Waals surface area contributed by atoms with Gasteiger partial charge in [0.1, 0.15) is 12.2 Å². The van der Waals surface area contributed by atoms with Crippen LogP contribution in [0.4, 0.5) is 4.79 Å². The fourth-order valence-electron chi connectivity index (χ4n) is 2.29. The minimum Gasteiger partial charge on any atom is -0.453 e. The van der Waals surface area contributed by atoms with Crippen molar-refractivity contribution in [3.63, 3.8) is 0 Å². The van der Waals surface area contributed by atoms with Crippen LogP contribution in [0.15, 0.2) is 24.3 Å². The van der Waals surface area contributed by atoms with Crippen molar-refractivity contribution < 1.29 is 19.0 Å². The van der Waals surface area contributed by atoms with Gasteiger partial charge in [0.05, 0.1) is 20.3 Å². The van der Waals surface area contributed by atoms with Crippen LogP contribution in [0.5, 0.6) is 0 Å². The summed E-state index contributed by atoms with van der Waals surface area (Å²) in [5.74, 6) is 0. The number of benzene rings is 1. The lowest BCUT2D eigenvalue weighted by Gasteiger charge is -2.31. The number of rotatable bonds is 6. The third kappa shape index (κ3) is 5.14. The van der Waals surface area contributed by atoms with Gasteiger partial charge in [-0.1, -0.05) is 23.7 Å². The molecule has 0 bridgehead atoms. The van der Waals surface area contributed by atoms with E-state index in [0.29, 0.717) is 31.3 Å². The second-order valence-electron chi connectivity index (χ2n) is 4.88. The first-order valence-corrected chi connectivity index (χ1v) is 7.59. The molecular weight excluding hydrogens is 308 g/mol. The molecule has 0 saturated carbocycles. The fourth-order valence-corrected chi connectivity index (χ4v) is 2.49. The normalized spacial score (nSPS) is 19.5. The van der Waals surface area contributed by atoms with E-state index in [1.165, 1.54) is 7.11 Å². The van der Waals surface area contributed by atoms with Crippen LogP contribution in [-0.4, -0.2) is 52.2 Å². The molecular formula is C15H21ClN2O4. The maximum absolute atomic E-state index is 11.0. The van der Waals surface area contributed by atoms with Crippen LogP contribution in [0.1, 0.15) is 11.7 Å². The number of morpholine rings is 1. The smallest absolute Gasteiger partial charge is 0.406 e. The molecule has 1 aliphatic rings. The fraction of sp³-hybridized carbons (Fsp3) is 0.533. The molecule has 0 aliphatic carbocycles. The van der Waals surface area contributed by atoms with Gasteiger partial charge < -0.3 is 24.8 Å². The highest BCUT2D eigenvalue weighted by Crippen LogP contribution is 2.26. The number of hydrogen-bond acceptors (Lipinski definition) is 5. The summed E-state index contributed by atoms with van der Waals surface area (Å²) in [5.41, 5.74) is 0.958. The van der Waals surface area contributed by atoms with Gasteiger partial charge in [-0.25, -0.2) is 4.79 Å². The summed E-state index contributed by atoms with van der Waals surface area (Å²) < 4.78 is 16.2. The number of amides is 1. The van der Waals surface area contributed by atoms with E-state index in [0.717, 1.165) is 12.1 Å². The van der Waals surface area contributed by atoms with Crippen LogP contribution in [0.2, 0.25) is 5.02 Å². The van der Waals surface area contributed by atoms with Crippen LogP contribution in [0.25, 0.3) is 0 Å². The van der Waals surface area contributed by atoms with Crippen molar-refractivity contribution in [2.75, 3.05) is 40.0 Å². The first-order valence-electron chi connectivity index (χ1n) is 7.22. The van der Waals surface area contributed by atoms with E-state index in [1.807, 2.05) is 24.3 Å². The number of alkyl carbamates (subject to hydrolysis) is 1. The highest BCUT2D eigenvalue weighted by molar-refractivity contribution is 6.30. The lowest BCUT2D eigenvalue weighted by Crippen LogP contribution is -2.43. The van der Waals surface area contributed by atoms with Crippen molar-refractivity contribution in [1.82, 2.24) is 10.6 Å². The SMILES string of the molecule is COC(=O)NCCO[C@@H](c1cccc(Cl)c1)[C@H]1CNCCO1. The van der Waals surface area contributed by atoms with E-state index in [9.17, 15) is 4.79 Å². The Labute approximate surface area is 135 Å². The zero-order valence-electron chi connectivity index (χ0n) is 12.5. The number of ether oxygens (including phenoxy) is 3. The highest BCUT2D eigenvalue weighted by Gasteiger charge is 2.26. The Bertz CT molecular complexity index is 480. The maximum atomic E-state index is 11.0. The van der Waals surface area contributed by atoms with E-state index in [1.54, 1.807) is 0 Å². The molecule has 7 heteroatoms. The first kappa shape index (κ1) is 17.0. The number of halogens is 1. The predicted octanol–water partition coefficient (Wildman–Crippen LogP) is 1.74. The molecule has 1 saturated heterocycles. The second kappa shape index (κ2) is 8.95. The summed E-state index contributed by atoms with van der Waals surface area (Å²) in [4.78, 5) is 11.0. The molecule has 122 valence electrons. The van der Waals surface area contributed by atoms with Crippen molar-refractivity contribution in [3.8, 4) is 0 Å². The molecule has 2 rings (SSSR count). The van der Waals surface area contributed by atoms with E-state index in [-0.39, 0.29) is 12.2 Å². The molecule has 2 N–H and O–H groups in total. The van der Waals surface area contributed by atoms with Gasteiger partial charge in [0.2, 0.25) is 0 Å². The molecule has 0 spiro atoms. The Morgan fingerprint density at radius 3 is 3.14 bits per heavy atom. The van der Waals surface area contributed by atoms with Gasteiger partial charge in [-0.3, -0.25) is 0 Å². The Hall–Kier alpha value is -1.34. The third-order valence-electron chi connectivity index (χ3n) is 3.33. The van der Waals surface area contributed by atoms with Crippen molar-refractivity contribution in [1.29, 1.82) is 0 Å². The van der Waals surface area contributed by atoms with Crippen molar-refractivity contribution in [2.45, 2.75) is 12.2 Å². The minimum absolute atomic E-state index is 0.0923. The van der Waals surface area contributed by atoms with E-state index < -0.39 is 6.09 Å². The quantitative estimate of drug-likeness (QED) is 0.779. The molecule has 22 heavy (non-hydrogen) atoms. The van der Waals surface area contributed by atoms with Gasteiger partial charge in [0.15, 0.2) is 0 Å². The number of nitrogens with one attached hydrogen (secondary N) is 2. The molecule has 1 heterocycles. The summed E-state index contributed by atoms with van der Waals surface area (Å²) in [6.45, 7) is 2.91. The summed E-state index contributed by atoms with van der Waals surface area (Å²) >= 11 is 6.06. The molecule has 1 amide bonds. The Morgan fingerprint density at radius 2 is 2.45 bits per heavy atom. The summed E-state index contributed by atoms with van der Waals surface area (Å²) in [6.07, 6.45) is -0.810. The summed E-state index contributed by atoms with van der Waals surface area (Å²) in [7, 11) is 1.33. The first-order chi connectivity index (χ1) is 10.7. The van der Waals surface area contributed by atoms with Crippen molar-refractivity contribution in [3.05, 3.63) is 34.9 Å². The average molecular weight is 329 g/mol. The monoisotopic (exact) mass is 328 g/mol. The van der Waals surface area contributed by atoms with Gasteiger partial charge in [0.25, 0.3) is 0 Å². The topological polar surface area (TPSA) is 68.8 Å². The second-order valence-corrected chi connectivity index (χ2v) is 5.31. The molecule has 1 aromatic carbocycles. The van der Waals surface area contributed by atoms with E-state index in [2.05, 4.69) is 15.4 Å². The molecule has 1 aliphatic heterocycles. The molecule has 1 fully saturated rings. The Morgan fingerprint density at radius 1 is 1.59 bits per heavy atom. The van der Waals surface area contributed by atoms with Gasteiger partial charge >= 0.3 is 6.09 Å². The van der Waals surface area contributed by atoms with Crippen molar-refractivity contribution >= 4 is 17.7 Å². The standard InChI is InChI=1S/C15H21ClN2O4/c1-20-15(19)18-6-8-22-14(13-10-17-5-7-21-13)11-3-2-4-12(16)9-11/h2-4,9,13-14,17H,5-8,10H2,1H3,(H,18,19)/t13-,14+/m1/s1. The number of hydrogen-bond donors (Lipinski definition) is 2. The third-order valence-corrected chi connectivity index (χ3v) is 3.56. The van der Waals surface area contributed by atoms with Crippen LogP contribution in [-0.2, 0) is 14.2 Å². The number of methoxy groups -OCH3 is 1. The van der Waals surface area contributed by atoms with Crippen molar-refractivity contribution in [2.24, 2.45) is 0 Å². The number of carbonyl (C=O) groups excluding carboxylic acids is 1. The molecule has 6 nitrogen and oxygen atoms in total. The summed E-state index contributed by atoms with van der Waals surface area (Å²) in [5, 5.41) is 6.53. The van der Waals surface area contributed by atoms with Crippen LogP contribution >= 0.6 is 11.6 Å². The largest absolute Gasteiger partial charge is 0.453 e. The van der Waals surface area contributed by atoms with Gasteiger partial charge in [0, 0.05) is 24.7 Å². The predicted molar refractivity (Wildman–Crippen MR) is 83.2 cm³/mol. The number of carbonyl (C=O) groups is 1. The average Bonchev–Trinajstić information content (AvgIpc) is 2.55. The molecule has 0 aromatic heterocycles. The lowest BCUT2D eigenvalue weighted by molar-refractivity contribution is -0.0852. The molecule has 0 radical (unpaired) electrons. The maximum Gasteiger partial charge on any atom is 0.406 e. The lowest BCUT2D eigenvalue weighted by atomic mass is 10.0. The zero-order chi connectivity index (χ0) is 15.8.